The van der Waals surface area contributed by atoms with Crippen molar-refractivity contribution in [2.45, 2.75) is 32.2 Å². The monoisotopic (exact) mass is 397 g/mol. The number of fused-ring (bicyclic) bond motifs is 1. The van der Waals surface area contributed by atoms with Gasteiger partial charge in [-0.15, -0.1) is 0 Å². The lowest BCUT2D eigenvalue weighted by atomic mass is 9.99. The van der Waals surface area contributed by atoms with Crippen molar-refractivity contribution < 1.29 is 9.32 Å². The molecule has 1 fully saturated rings. The van der Waals surface area contributed by atoms with Crippen molar-refractivity contribution in [1.29, 1.82) is 0 Å². The Morgan fingerprint density at radius 3 is 2.73 bits per heavy atom. The summed E-state index contributed by atoms with van der Waals surface area (Å²) in [5, 5.41) is 6.38. The number of benzene rings is 3. The molecule has 0 unspecified atom stereocenters. The third-order valence-electron chi connectivity index (χ3n) is 5.76. The Labute approximate surface area is 175 Å². The van der Waals surface area contributed by atoms with E-state index in [4.69, 9.17) is 4.52 Å². The van der Waals surface area contributed by atoms with Crippen LogP contribution in [0.1, 0.15) is 47.1 Å². The number of likely N-dealkylation sites (tertiary alicyclic amines) is 1. The number of hydrogen-bond donors (Lipinski definition) is 0. The van der Waals surface area contributed by atoms with E-state index in [1.165, 1.54) is 0 Å². The summed E-state index contributed by atoms with van der Waals surface area (Å²) in [5.74, 6) is 1.10. The van der Waals surface area contributed by atoms with Gasteiger partial charge in [-0.1, -0.05) is 59.3 Å². The molecule has 4 aromatic rings. The van der Waals surface area contributed by atoms with E-state index < -0.39 is 0 Å². The van der Waals surface area contributed by atoms with E-state index in [9.17, 15) is 4.79 Å². The van der Waals surface area contributed by atoms with E-state index in [1.54, 1.807) is 0 Å². The fraction of sp³-hybridized carbons (Fsp3) is 0.240. The van der Waals surface area contributed by atoms with Gasteiger partial charge in [-0.2, -0.15) is 4.98 Å². The number of carbonyl (C=O) groups excluding carboxylic acids is 1. The van der Waals surface area contributed by atoms with Gasteiger partial charge in [0.2, 0.25) is 11.7 Å². The molecule has 3 aromatic carbocycles. The molecule has 2 heterocycles. The number of amides is 1. The van der Waals surface area contributed by atoms with Crippen LogP contribution in [0.5, 0.6) is 0 Å². The number of hydrogen-bond acceptors (Lipinski definition) is 4. The van der Waals surface area contributed by atoms with Crippen LogP contribution in [0.2, 0.25) is 0 Å². The molecular weight excluding hydrogens is 374 g/mol. The second kappa shape index (κ2) is 7.75. The minimum absolute atomic E-state index is 0.0146. The highest BCUT2D eigenvalue weighted by Crippen LogP contribution is 2.33. The lowest BCUT2D eigenvalue weighted by Gasteiger charge is -2.33. The molecule has 0 bridgehead atoms. The number of nitrogens with zero attached hydrogens (tertiary/aromatic N) is 3. The van der Waals surface area contributed by atoms with Crippen LogP contribution in [0.4, 0.5) is 0 Å². The lowest BCUT2D eigenvalue weighted by molar-refractivity contribution is 0.0561. The van der Waals surface area contributed by atoms with Crippen LogP contribution in [-0.2, 0) is 0 Å². The number of aromatic nitrogens is 2. The third kappa shape index (κ3) is 3.47. The van der Waals surface area contributed by atoms with Gasteiger partial charge < -0.3 is 9.42 Å². The van der Waals surface area contributed by atoms with E-state index in [-0.39, 0.29) is 11.9 Å². The van der Waals surface area contributed by atoms with E-state index in [2.05, 4.69) is 16.2 Å². The SMILES string of the molecule is Cc1cccc(-c2noc([C@@H]3CCCCN3C(=O)c3ccc4ccccc4c3)n2)c1. The number of aryl methyl sites for hydroxylation is 1. The Morgan fingerprint density at radius 1 is 1.00 bits per heavy atom. The molecule has 5 rings (SSSR count). The molecule has 0 radical (unpaired) electrons. The van der Waals surface area contributed by atoms with Gasteiger partial charge in [-0.05, 0) is 55.2 Å². The fourth-order valence-corrected chi connectivity index (χ4v) is 4.19. The van der Waals surface area contributed by atoms with Gasteiger partial charge in [0, 0.05) is 17.7 Å². The van der Waals surface area contributed by atoms with E-state index >= 15 is 0 Å². The maximum atomic E-state index is 13.4. The molecule has 5 nitrogen and oxygen atoms in total. The first-order valence-electron chi connectivity index (χ1n) is 10.4. The largest absolute Gasteiger partial charge is 0.337 e. The zero-order valence-electron chi connectivity index (χ0n) is 16.9. The summed E-state index contributed by atoms with van der Waals surface area (Å²) in [5.41, 5.74) is 2.76. The fourth-order valence-electron chi connectivity index (χ4n) is 4.19. The van der Waals surface area contributed by atoms with Gasteiger partial charge in [0.25, 0.3) is 5.91 Å². The van der Waals surface area contributed by atoms with Crippen molar-refractivity contribution in [2.75, 3.05) is 6.54 Å². The molecule has 1 aliphatic heterocycles. The van der Waals surface area contributed by atoms with E-state index in [1.807, 2.05) is 72.5 Å². The summed E-state index contributed by atoms with van der Waals surface area (Å²) in [7, 11) is 0. The number of rotatable bonds is 3. The normalized spacial score (nSPS) is 16.7. The average molecular weight is 397 g/mol. The summed E-state index contributed by atoms with van der Waals surface area (Å²) in [6, 6.07) is 21.8. The zero-order chi connectivity index (χ0) is 20.5. The summed E-state index contributed by atoms with van der Waals surface area (Å²) in [6.45, 7) is 2.73. The maximum Gasteiger partial charge on any atom is 0.254 e. The van der Waals surface area contributed by atoms with E-state index in [0.717, 1.165) is 41.2 Å². The zero-order valence-corrected chi connectivity index (χ0v) is 16.9. The Balaban J connectivity index is 1.45. The lowest BCUT2D eigenvalue weighted by Crippen LogP contribution is -2.38. The first-order valence-corrected chi connectivity index (χ1v) is 10.4. The second-order valence-corrected chi connectivity index (χ2v) is 7.90. The molecule has 1 aliphatic rings. The smallest absolute Gasteiger partial charge is 0.254 e. The van der Waals surface area contributed by atoms with Gasteiger partial charge in [-0.25, -0.2) is 0 Å². The van der Waals surface area contributed by atoms with Crippen molar-refractivity contribution in [3.05, 3.63) is 83.7 Å². The highest BCUT2D eigenvalue weighted by Gasteiger charge is 2.32. The maximum absolute atomic E-state index is 13.4. The van der Waals surface area contributed by atoms with Crippen molar-refractivity contribution >= 4 is 16.7 Å². The van der Waals surface area contributed by atoms with Crippen LogP contribution in [0, 0.1) is 6.92 Å². The molecule has 1 aromatic heterocycles. The highest BCUT2D eigenvalue weighted by molar-refractivity contribution is 5.98. The van der Waals surface area contributed by atoms with Gasteiger partial charge in [0.15, 0.2) is 0 Å². The molecule has 150 valence electrons. The molecule has 1 saturated heterocycles. The Hall–Kier alpha value is -3.47. The quantitative estimate of drug-likeness (QED) is 0.454. The molecule has 0 aliphatic carbocycles. The summed E-state index contributed by atoms with van der Waals surface area (Å²) < 4.78 is 5.63. The summed E-state index contributed by atoms with van der Waals surface area (Å²) >= 11 is 0. The highest BCUT2D eigenvalue weighted by atomic mass is 16.5. The molecule has 5 heteroatoms. The van der Waals surface area contributed by atoms with Crippen molar-refractivity contribution in [3.63, 3.8) is 0 Å². The first-order chi connectivity index (χ1) is 14.7. The molecule has 0 spiro atoms. The van der Waals surface area contributed by atoms with Crippen LogP contribution in [0.15, 0.2) is 71.3 Å². The van der Waals surface area contributed by atoms with Gasteiger partial charge in [0.1, 0.15) is 6.04 Å². The summed E-state index contributed by atoms with van der Waals surface area (Å²) in [4.78, 5) is 19.9. The second-order valence-electron chi connectivity index (χ2n) is 7.90. The van der Waals surface area contributed by atoms with Crippen LogP contribution in [0.3, 0.4) is 0 Å². The van der Waals surface area contributed by atoms with Crippen molar-refractivity contribution in [2.24, 2.45) is 0 Å². The minimum Gasteiger partial charge on any atom is -0.337 e. The Morgan fingerprint density at radius 2 is 1.87 bits per heavy atom. The molecule has 30 heavy (non-hydrogen) atoms. The molecular formula is C25H23N3O2. The number of piperidine rings is 1. The molecule has 1 amide bonds. The minimum atomic E-state index is -0.191. The van der Waals surface area contributed by atoms with Crippen LogP contribution in [-0.4, -0.2) is 27.5 Å². The third-order valence-corrected chi connectivity index (χ3v) is 5.76. The topological polar surface area (TPSA) is 59.2 Å². The predicted molar refractivity (Wildman–Crippen MR) is 116 cm³/mol. The van der Waals surface area contributed by atoms with Crippen LogP contribution >= 0.6 is 0 Å². The Kier molecular flexibility index (Phi) is 4.79. The van der Waals surface area contributed by atoms with Crippen LogP contribution < -0.4 is 0 Å². The molecule has 1 atom stereocenters. The average Bonchev–Trinajstić information content (AvgIpc) is 3.28. The Bertz CT molecular complexity index is 1210. The molecule has 0 N–H and O–H groups in total. The van der Waals surface area contributed by atoms with Gasteiger partial charge >= 0.3 is 0 Å². The first kappa shape index (κ1) is 18.6. The van der Waals surface area contributed by atoms with Crippen molar-refractivity contribution in [1.82, 2.24) is 15.0 Å². The summed E-state index contributed by atoms with van der Waals surface area (Å²) in [6.07, 6.45) is 2.85. The predicted octanol–water partition coefficient (Wildman–Crippen LogP) is 5.57. The van der Waals surface area contributed by atoms with Gasteiger partial charge in [-0.3, -0.25) is 4.79 Å². The standard InChI is InChI=1S/C25H23N3O2/c1-17-7-6-10-20(15-17)23-26-24(30-27-23)22-11-4-5-14-28(22)25(29)21-13-12-18-8-2-3-9-19(18)16-21/h2-3,6-10,12-13,15-16,22H,4-5,11,14H2,1H3/t22-/m0/s1. The number of carbonyl (C=O) groups is 1. The van der Waals surface area contributed by atoms with Crippen molar-refractivity contribution in [3.8, 4) is 11.4 Å². The van der Waals surface area contributed by atoms with Crippen LogP contribution in [0.25, 0.3) is 22.2 Å². The molecule has 0 saturated carbocycles. The van der Waals surface area contributed by atoms with Gasteiger partial charge in [0.05, 0.1) is 0 Å². The van der Waals surface area contributed by atoms with E-state index in [0.29, 0.717) is 23.8 Å².